The van der Waals surface area contributed by atoms with Gasteiger partial charge in [0.05, 0.1) is 6.54 Å². The SMILES string of the molecule is CNCc1ccc(C(C)C)o1. The third kappa shape index (κ3) is 2.09. The monoisotopic (exact) mass is 153 g/mol. The maximum absolute atomic E-state index is 5.52. The molecule has 0 radical (unpaired) electrons. The Morgan fingerprint density at radius 1 is 1.45 bits per heavy atom. The molecule has 62 valence electrons. The van der Waals surface area contributed by atoms with Crippen LogP contribution in [0.15, 0.2) is 16.5 Å². The molecule has 1 aromatic heterocycles. The lowest BCUT2D eigenvalue weighted by Crippen LogP contribution is -2.03. The lowest BCUT2D eigenvalue weighted by molar-refractivity contribution is 0.439. The Hall–Kier alpha value is -0.760. The van der Waals surface area contributed by atoms with Crippen molar-refractivity contribution in [3.63, 3.8) is 0 Å². The van der Waals surface area contributed by atoms with Gasteiger partial charge in [0.15, 0.2) is 0 Å². The molecule has 1 aromatic rings. The summed E-state index contributed by atoms with van der Waals surface area (Å²) in [4.78, 5) is 0. The van der Waals surface area contributed by atoms with E-state index in [2.05, 4.69) is 19.2 Å². The lowest BCUT2D eigenvalue weighted by Gasteiger charge is -1.98. The second kappa shape index (κ2) is 3.58. The highest BCUT2D eigenvalue weighted by Gasteiger charge is 2.03. The first kappa shape index (κ1) is 8.34. The van der Waals surface area contributed by atoms with Gasteiger partial charge in [0.25, 0.3) is 0 Å². The Morgan fingerprint density at radius 2 is 2.18 bits per heavy atom. The summed E-state index contributed by atoms with van der Waals surface area (Å²) in [6.07, 6.45) is 0. The number of hydrogen-bond donors (Lipinski definition) is 1. The van der Waals surface area contributed by atoms with Crippen LogP contribution in [0.5, 0.6) is 0 Å². The van der Waals surface area contributed by atoms with Crippen LogP contribution in [0.3, 0.4) is 0 Å². The molecule has 1 rings (SSSR count). The topological polar surface area (TPSA) is 25.2 Å². The quantitative estimate of drug-likeness (QED) is 0.719. The molecule has 1 heterocycles. The van der Waals surface area contributed by atoms with Gasteiger partial charge in [-0.2, -0.15) is 0 Å². The fourth-order valence-electron chi connectivity index (χ4n) is 0.974. The first-order valence-corrected chi connectivity index (χ1v) is 3.97. The van der Waals surface area contributed by atoms with E-state index < -0.39 is 0 Å². The predicted octanol–water partition coefficient (Wildman–Crippen LogP) is 2.12. The van der Waals surface area contributed by atoms with E-state index in [1.165, 1.54) is 0 Å². The lowest BCUT2D eigenvalue weighted by atomic mass is 10.2. The van der Waals surface area contributed by atoms with E-state index in [1.54, 1.807) is 0 Å². The molecule has 0 spiro atoms. The van der Waals surface area contributed by atoms with E-state index in [0.29, 0.717) is 5.92 Å². The Balaban J connectivity index is 2.66. The van der Waals surface area contributed by atoms with E-state index in [0.717, 1.165) is 18.1 Å². The van der Waals surface area contributed by atoms with Crippen LogP contribution in [0.1, 0.15) is 31.3 Å². The van der Waals surface area contributed by atoms with Crippen molar-refractivity contribution in [1.29, 1.82) is 0 Å². The summed E-state index contributed by atoms with van der Waals surface area (Å²) in [7, 11) is 1.91. The van der Waals surface area contributed by atoms with Crippen molar-refractivity contribution < 1.29 is 4.42 Å². The van der Waals surface area contributed by atoms with Gasteiger partial charge in [0, 0.05) is 5.92 Å². The van der Waals surface area contributed by atoms with Crippen LogP contribution in [0.4, 0.5) is 0 Å². The van der Waals surface area contributed by atoms with Crippen molar-refractivity contribution >= 4 is 0 Å². The Morgan fingerprint density at radius 3 is 2.64 bits per heavy atom. The highest BCUT2D eigenvalue weighted by molar-refractivity contribution is 5.09. The number of hydrogen-bond acceptors (Lipinski definition) is 2. The van der Waals surface area contributed by atoms with Gasteiger partial charge >= 0.3 is 0 Å². The molecule has 1 N–H and O–H groups in total. The van der Waals surface area contributed by atoms with E-state index >= 15 is 0 Å². The van der Waals surface area contributed by atoms with Gasteiger partial charge in [-0.1, -0.05) is 13.8 Å². The zero-order chi connectivity index (χ0) is 8.27. The van der Waals surface area contributed by atoms with Crippen molar-refractivity contribution in [2.75, 3.05) is 7.05 Å². The van der Waals surface area contributed by atoms with Crippen LogP contribution >= 0.6 is 0 Å². The molecule has 0 saturated heterocycles. The average molecular weight is 153 g/mol. The van der Waals surface area contributed by atoms with Crippen molar-refractivity contribution in [2.45, 2.75) is 26.3 Å². The number of furan rings is 1. The minimum atomic E-state index is 0.487. The molecule has 0 atom stereocenters. The van der Waals surface area contributed by atoms with Crippen LogP contribution < -0.4 is 5.32 Å². The molecular formula is C9H15NO. The fourth-order valence-corrected chi connectivity index (χ4v) is 0.974. The molecule has 0 bridgehead atoms. The molecule has 0 fully saturated rings. The number of nitrogens with one attached hydrogen (secondary N) is 1. The van der Waals surface area contributed by atoms with Gasteiger partial charge in [0.1, 0.15) is 11.5 Å². The van der Waals surface area contributed by atoms with E-state index in [1.807, 2.05) is 19.2 Å². The Labute approximate surface area is 67.6 Å². The van der Waals surface area contributed by atoms with Crippen LogP contribution in [0.2, 0.25) is 0 Å². The largest absolute Gasteiger partial charge is 0.464 e. The van der Waals surface area contributed by atoms with Crippen molar-refractivity contribution in [3.05, 3.63) is 23.7 Å². The summed E-state index contributed by atoms with van der Waals surface area (Å²) < 4.78 is 5.52. The van der Waals surface area contributed by atoms with Gasteiger partial charge in [-0.05, 0) is 19.2 Å². The molecule has 11 heavy (non-hydrogen) atoms. The maximum Gasteiger partial charge on any atom is 0.117 e. The molecule has 0 amide bonds. The van der Waals surface area contributed by atoms with E-state index in [9.17, 15) is 0 Å². The fraction of sp³-hybridized carbons (Fsp3) is 0.556. The molecule has 0 aliphatic heterocycles. The summed E-state index contributed by atoms with van der Waals surface area (Å²) >= 11 is 0. The van der Waals surface area contributed by atoms with Crippen molar-refractivity contribution in [3.8, 4) is 0 Å². The minimum Gasteiger partial charge on any atom is -0.464 e. The normalized spacial score (nSPS) is 10.9. The minimum absolute atomic E-state index is 0.487. The zero-order valence-electron chi connectivity index (χ0n) is 7.35. The van der Waals surface area contributed by atoms with E-state index in [-0.39, 0.29) is 0 Å². The van der Waals surface area contributed by atoms with Crippen LogP contribution in [0.25, 0.3) is 0 Å². The van der Waals surface area contributed by atoms with Crippen LogP contribution in [-0.4, -0.2) is 7.05 Å². The van der Waals surface area contributed by atoms with Gasteiger partial charge in [-0.25, -0.2) is 0 Å². The molecule has 2 nitrogen and oxygen atoms in total. The standard InChI is InChI=1S/C9H15NO/c1-7(2)9-5-4-8(11-9)6-10-3/h4-5,7,10H,6H2,1-3H3. The molecule has 2 heteroatoms. The second-order valence-electron chi connectivity index (χ2n) is 2.99. The summed E-state index contributed by atoms with van der Waals surface area (Å²) in [5, 5.41) is 3.04. The average Bonchev–Trinajstić information content (AvgIpc) is 2.37. The van der Waals surface area contributed by atoms with Gasteiger partial charge in [-0.15, -0.1) is 0 Å². The first-order valence-electron chi connectivity index (χ1n) is 3.97. The molecule has 0 aromatic carbocycles. The first-order chi connectivity index (χ1) is 5.24. The highest BCUT2D eigenvalue weighted by atomic mass is 16.3. The Kier molecular flexibility index (Phi) is 2.71. The molecule has 0 aliphatic rings. The third-order valence-electron chi connectivity index (χ3n) is 1.60. The zero-order valence-corrected chi connectivity index (χ0v) is 7.35. The maximum atomic E-state index is 5.52. The van der Waals surface area contributed by atoms with Crippen molar-refractivity contribution in [2.24, 2.45) is 0 Å². The predicted molar refractivity (Wildman–Crippen MR) is 45.6 cm³/mol. The summed E-state index contributed by atoms with van der Waals surface area (Å²) in [5.74, 6) is 2.56. The molecule has 0 saturated carbocycles. The molecule has 0 unspecified atom stereocenters. The molecular weight excluding hydrogens is 138 g/mol. The molecule has 0 aliphatic carbocycles. The van der Waals surface area contributed by atoms with Crippen LogP contribution in [0, 0.1) is 0 Å². The van der Waals surface area contributed by atoms with Gasteiger partial charge in [0.2, 0.25) is 0 Å². The third-order valence-corrected chi connectivity index (χ3v) is 1.60. The summed E-state index contributed by atoms with van der Waals surface area (Å²) in [6, 6.07) is 4.06. The smallest absolute Gasteiger partial charge is 0.117 e. The van der Waals surface area contributed by atoms with Crippen LogP contribution in [-0.2, 0) is 6.54 Å². The summed E-state index contributed by atoms with van der Waals surface area (Å²) in [6.45, 7) is 5.07. The van der Waals surface area contributed by atoms with Gasteiger partial charge < -0.3 is 9.73 Å². The second-order valence-corrected chi connectivity index (χ2v) is 2.99. The summed E-state index contributed by atoms with van der Waals surface area (Å²) in [5.41, 5.74) is 0. The van der Waals surface area contributed by atoms with Gasteiger partial charge in [-0.3, -0.25) is 0 Å². The number of rotatable bonds is 3. The Bertz CT molecular complexity index is 215. The highest BCUT2D eigenvalue weighted by Crippen LogP contribution is 2.16. The van der Waals surface area contributed by atoms with E-state index in [4.69, 9.17) is 4.42 Å². The van der Waals surface area contributed by atoms with Crippen molar-refractivity contribution in [1.82, 2.24) is 5.32 Å².